The first-order chi connectivity index (χ1) is 13.4. The number of hydrogen-bond acceptors (Lipinski definition) is 5. The fraction of sp³-hybridized carbons (Fsp3) is 0.143. The summed E-state index contributed by atoms with van der Waals surface area (Å²) < 4.78 is 33.0. The summed E-state index contributed by atoms with van der Waals surface area (Å²) in [5.41, 5.74) is 2.10. The lowest BCUT2D eigenvalue weighted by Crippen LogP contribution is -2.23. The van der Waals surface area contributed by atoms with Gasteiger partial charge in [0.2, 0.25) is 10.0 Å². The fourth-order valence-electron chi connectivity index (χ4n) is 2.47. The van der Waals surface area contributed by atoms with E-state index in [1.165, 1.54) is 31.2 Å². The highest BCUT2D eigenvalue weighted by Crippen LogP contribution is 2.15. The van der Waals surface area contributed by atoms with Gasteiger partial charge in [-0.1, -0.05) is 30.3 Å². The molecular formula is C21H20N2O4S. The highest BCUT2D eigenvalue weighted by molar-refractivity contribution is 7.89. The van der Waals surface area contributed by atoms with Crippen LogP contribution in [0.15, 0.2) is 77.8 Å². The molecule has 0 aliphatic rings. The number of aromatic nitrogens is 1. The van der Waals surface area contributed by atoms with E-state index in [1.54, 1.807) is 30.5 Å². The third-order valence-electron chi connectivity index (χ3n) is 4.07. The van der Waals surface area contributed by atoms with E-state index in [2.05, 4.69) is 9.71 Å². The van der Waals surface area contributed by atoms with E-state index in [9.17, 15) is 13.2 Å². The standard InChI is InChI=1S/C21H20N2O4S/c1-16(24)18-7-11-21(12-8-18)28(25,26)23-14-17-5-9-20(10-6-17)27-15-19-4-2-3-13-22-19/h2-13,23H,14-15H2,1H3. The minimum absolute atomic E-state index is 0.109. The molecule has 1 N–H and O–H groups in total. The lowest BCUT2D eigenvalue weighted by Gasteiger charge is -2.09. The number of ketones is 1. The minimum atomic E-state index is -3.66. The number of carbonyl (C=O) groups excluding carboxylic acids is 1. The number of ether oxygens (including phenoxy) is 1. The Hall–Kier alpha value is -3.03. The lowest BCUT2D eigenvalue weighted by atomic mass is 10.2. The van der Waals surface area contributed by atoms with Crippen molar-refractivity contribution in [3.63, 3.8) is 0 Å². The second kappa shape index (κ2) is 8.77. The first-order valence-corrected chi connectivity index (χ1v) is 10.1. The number of pyridine rings is 1. The van der Waals surface area contributed by atoms with E-state index in [-0.39, 0.29) is 17.2 Å². The predicted octanol–water partition coefficient (Wildman–Crippen LogP) is 3.34. The number of Topliss-reactive ketones (excluding diaryl/α,β-unsaturated/α-hetero) is 1. The van der Waals surface area contributed by atoms with Crippen molar-refractivity contribution < 1.29 is 17.9 Å². The summed E-state index contributed by atoms with van der Waals surface area (Å²) in [5, 5.41) is 0. The number of hydrogen-bond donors (Lipinski definition) is 1. The molecule has 0 bridgehead atoms. The lowest BCUT2D eigenvalue weighted by molar-refractivity contribution is 0.101. The molecule has 0 aliphatic heterocycles. The molecule has 0 atom stereocenters. The smallest absolute Gasteiger partial charge is 0.240 e. The molecule has 0 amide bonds. The molecule has 0 fully saturated rings. The summed E-state index contributed by atoms with van der Waals surface area (Å²) in [6.07, 6.45) is 1.71. The molecule has 1 heterocycles. The Morgan fingerprint density at radius 3 is 2.32 bits per heavy atom. The second-order valence-corrected chi connectivity index (χ2v) is 7.93. The Morgan fingerprint density at radius 2 is 1.71 bits per heavy atom. The summed E-state index contributed by atoms with van der Waals surface area (Å²) in [6, 6.07) is 18.7. The normalized spacial score (nSPS) is 11.2. The zero-order valence-corrected chi connectivity index (χ0v) is 16.1. The predicted molar refractivity (Wildman–Crippen MR) is 105 cm³/mol. The van der Waals surface area contributed by atoms with Crippen LogP contribution in [-0.4, -0.2) is 19.2 Å². The summed E-state index contributed by atoms with van der Waals surface area (Å²) in [4.78, 5) is 15.6. The summed E-state index contributed by atoms with van der Waals surface area (Å²) in [6.45, 7) is 1.95. The summed E-state index contributed by atoms with van der Waals surface area (Å²) in [5.74, 6) is 0.569. The molecule has 7 heteroatoms. The molecule has 0 unspecified atom stereocenters. The Bertz CT molecular complexity index is 1030. The van der Waals surface area contributed by atoms with E-state index < -0.39 is 10.0 Å². The number of nitrogens with zero attached hydrogens (tertiary/aromatic N) is 1. The molecule has 6 nitrogen and oxygen atoms in total. The molecule has 3 aromatic rings. The van der Waals surface area contributed by atoms with Crippen LogP contribution in [0.2, 0.25) is 0 Å². The van der Waals surface area contributed by atoms with Crippen LogP contribution in [-0.2, 0) is 23.2 Å². The maximum Gasteiger partial charge on any atom is 0.240 e. The molecule has 0 aliphatic carbocycles. The van der Waals surface area contributed by atoms with Crippen LogP contribution in [0, 0.1) is 0 Å². The maximum absolute atomic E-state index is 12.4. The van der Waals surface area contributed by atoms with Gasteiger partial charge in [-0.25, -0.2) is 13.1 Å². The number of nitrogens with one attached hydrogen (secondary N) is 1. The van der Waals surface area contributed by atoms with Gasteiger partial charge in [-0.05, 0) is 48.9 Å². The molecule has 0 saturated heterocycles. The van der Waals surface area contributed by atoms with Crippen LogP contribution >= 0.6 is 0 Å². The number of rotatable bonds is 8. The maximum atomic E-state index is 12.4. The van der Waals surface area contributed by atoms with Crippen molar-refractivity contribution in [2.45, 2.75) is 25.0 Å². The molecule has 2 aromatic carbocycles. The van der Waals surface area contributed by atoms with E-state index in [0.29, 0.717) is 17.9 Å². The first-order valence-electron chi connectivity index (χ1n) is 8.66. The Kier molecular flexibility index (Phi) is 6.18. The van der Waals surface area contributed by atoms with Gasteiger partial charge >= 0.3 is 0 Å². The Balaban J connectivity index is 1.57. The van der Waals surface area contributed by atoms with Crippen LogP contribution in [0.5, 0.6) is 5.75 Å². The van der Waals surface area contributed by atoms with Gasteiger partial charge in [0.05, 0.1) is 10.6 Å². The second-order valence-electron chi connectivity index (χ2n) is 6.16. The summed E-state index contributed by atoms with van der Waals surface area (Å²) >= 11 is 0. The molecule has 1 aromatic heterocycles. The van der Waals surface area contributed by atoms with E-state index in [4.69, 9.17) is 4.74 Å². The van der Waals surface area contributed by atoms with Gasteiger partial charge in [0.25, 0.3) is 0 Å². The van der Waals surface area contributed by atoms with Crippen LogP contribution in [0.3, 0.4) is 0 Å². The average molecular weight is 396 g/mol. The van der Waals surface area contributed by atoms with Gasteiger partial charge in [-0.2, -0.15) is 0 Å². The molecule has 28 heavy (non-hydrogen) atoms. The van der Waals surface area contributed by atoms with Crippen LogP contribution < -0.4 is 9.46 Å². The van der Waals surface area contributed by atoms with Crippen molar-refractivity contribution >= 4 is 15.8 Å². The molecule has 3 rings (SSSR count). The van der Waals surface area contributed by atoms with Gasteiger partial charge in [0.1, 0.15) is 12.4 Å². The average Bonchev–Trinajstić information content (AvgIpc) is 2.72. The van der Waals surface area contributed by atoms with E-state index in [0.717, 1.165) is 11.3 Å². The molecule has 0 saturated carbocycles. The zero-order valence-electron chi connectivity index (χ0n) is 15.3. The molecule has 144 valence electrons. The highest BCUT2D eigenvalue weighted by Gasteiger charge is 2.14. The quantitative estimate of drug-likeness (QED) is 0.590. The first kappa shape index (κ1) is 19.7. The highest BCUT2D eigenvalue weighted by atomic mass is 32.2. The van der Waals surface area contributed by atoms with Gasteiger partial charge in [0, 0.05) is 18.3 Å². The topological polar surface area (TPSA) is 85.4 Å². The molecule has 0 radical (unpaired) electrons. The van der Waals surface area contributed by atoms with Crippen LogP contribution in [0.4, 0.5) is 0 Å². The third-order valence-corrected chi connectivity index (χ3v) is 5.49. The van der Waals surface area contributed by atoms with Gasteiger partial charge in [0.15, 0.2) is 5.78 Å². The van der Waals surface area contributed by atoms with Crippen molar-refractivity contribution in [2.75, 3.05) is 0 Å². The monoisotopic (exact) mass is 396 g/mol. The molecule has 0 spiro atoms. The van der Waals surface area contributed by atoms with Crippen molar-refractivity contribution in [1.29, 1.82) is 0 Å². The van der Waals surface area contributed by atoms with Gasteiger partial charge in [-0.15, -0.1) is 0 Å². The van der Waals surface area contributed by atoms with E-state index >= 15 is 0 Å². The SMILES string of the molecule is CC(=O)c1ccc(S(=O)(=O)NCc2ccc(OCc3ccccn3)cc2)cc1. The van der Waals surface area contributed by atoms with E-state index in [1.807, 2.05) is 18.2 Å². The van der Waals surface area contributed by atoms with Crippen molar-refractivity contribution in [1.82, 2.24) is 9.71 Å². The van der Waals surface area contributed by atoms with Crippen molar-refractivity contribution in [3.8, 4) is 5.75 Å². The van der Waals surface area contributed by atoms with Crippen molar-refractivity contribution in [2.24, 2.45) is 0 Å². The Labute approximate surface area is 164 Å². The summed E-state index contributed by atoms with van der Waals surface area (Å²) in [7, 11) is -3.66. The van der Waals surface area contributed by atoms with Crippen molar-refractivity contribution in [3.05, 3.63) is 89.7 Å². The third kappa shape index (κ3) is 5.25. The van der Waals surface area contributed by atoms with Gasteiger partial charge in [-0.3, -0.25) is 9.78 Å². The zero-order chi connectivity index (χ0) is 20.0. The largest absolute Gasteiger partial charge is 0.487 e. The number of carbonyl (C=O) groups is 1. The number of benzene rings is 2. The minimum Gasteiger partial charge on any atom is -0.487 e. The van der Waals surface area contributed by atoms with Crippen LogP contribution in [0.1, 0.15) is 28.5 Å². The Morgan fingerprint density at radius 1 is 1.00 bits per heavy atom. The number of sulfonamides is 1. The fourth-order valence-corrected chi connectivity index (χ4v) is 3.49. The van der Waals surface area contributed by atoms with Gasteiger partial charge < -0.3 is 4.74 Å². The molecular weight excluding hydrogens is 376 g/mol. The van der Waals surface area contributed by atoms with Crippen LogP contribution in [0.25, 0.3) is 0 Å².